The minimum absolute atomic E-state index is 0.582. The average molecular weight is 216 g/mol. The van der Waals surface area contributed by atoms with Gasteiger partial charge in [-0.25, -0.2) is 0 Å². The summed E-state index contributed by atoms with van der Waals surface area (Å²) in [6.07, 6.45) is 2.10. The van der Waals surface area contributed by atoms with E-state index in [-0.39, 0.29) is 0 Å². The van der Waals surface area contributed by atoms with Gasteiger partial charge in [-0.05, 0) is 36.2 Å². The molecule has 1 aromatic carbocycles. The Hall–Kier alpha value is -1.58. The van der Waals surface area contributed by atoms with Crippen molar-refractivity contribution in [1.82, 2.24) is 4.98 Å². The maximum atomic E-state index is 10.0. The number of H-pyrrole nitrogens is 1. The Morgan fingerprint density at radius 3 is 2.50 bits per heavy atom. The van der Waals surface area contributed by atoms with Gasteiger partial charge in [-0.15, -0.1) is 0 Å². The van der Waals surface area contributed by atoms with E-state index in [0.29, 0.717) is 6.54 Å². The van der Waals surface area contributed by atoms with Gasteiger partial charge in [-0.2, -0.15) is 0 Å². The fourth-order valence-electron chi connectivity index (χ4n) is 1.73. The lowest BCUT2D eigenvalue weighted by molar-refractivity contribution is 0.216. The van der Waals surface area contributed by atoms with Gasteiger partial charge in [0, 0.05) is 11.9 Å². The average Bonchev–Trinajstić information content (AvgIpc) is 2.83. The minimum Gasteiger partial charge on any atom is -0.382 e. The van der Waals surface area contributed by atoms with Gasteiger partial charge >= 0.3 is 0 Å². The van der Waals surface area contributed by atoms with Crippen molar-refractivity contribution in [2.45, 2.75) is 12.5 Å². The summed E-state index contributed by atoms with van der Waals surface area (Å²) in [7, 11) is 0. The maximum absolute atomic E-state index is 10.0. The van der Waals surface area contributed by atoms with Crippen LogP contribution in [-0.2, 0) is 6.42 Å². The molecule has 0 radical (unpaired) electrons. The number of benzene rings is 1. The predicted octanol–water partition coefficient (Wildman–Crippen LogP) is 1.60. The highest BCUT2D eigenvalue weighted by molar-refractivity contribution is 5.29. The van der Waals surface area contributed by atoms with E-state index in [4.69, 9.17) is 5.73 Å². The number of nitrogens with one attached hydrogen (secondary N) is 1. The van der Waals surface area contributed by atoms with Crippen molar-refractivity contribution in [3.63, 3.8) is 0 Å². The summed E-state index contributed by atoms with van der Waals surface area (Å²) in [4.78, 5) is 3.01. The van der Waals surface area contributed by atoms with E-state index in [0.717, 1.165) is 17.7 Å². The van der Waals surface area contributed by atoms with Crippen molar-refractivity contribution < 1.29 is 5.11 Å². The monoisotopic (exact) mass is 216 g/mol. The van der Waals surface area contributed by atoms with Crippen molar-refractivity contribution in [3.05, 3.63) is 59.4 Å². The molecular formula is C13H16N2O. The number of hydrogen-bond acceptors (Lipinski definition) is 2. The van der Waals surface area contributed by atoms with Crippen LogP contribution >= 0.6 is 0 Å². The molecule has 1 atom stereocenters. The van der Waals surface area contributed by atoms with Crippen molar-refractivity contribution in [3.8, 4) is 0 Å². The molecule has 2 aromatic rings. The van der Waals surface area contributed by atoms with Crippen molar-refractivity contribution in [1.29, 1.82) is 0 Å². The summed E-state index contributed by atoms with van der Waals surface area (Å²) in [5.74, 6) is 0. The van der Waals surface area contributed by atoms with E-state index in [9.17, 15) is 5.11 Å². The zero-order chi connectivity index (χ0) is 11.4. The molecule has 4 N–H and O–H groups in total. The molecule has 0 spiro atoms. The Balaban J connectivity index is 2.15. The lowest BCUT2D eigenvalue weighted by Crippen LogP contribution is -2.03. The Morgan fingerprint density at radius 1 is 1.19 bits per heavy atom. The third-order valence-electron chi connectivity index (χ3n) is 2.65. The highest BCUT2D eigenvalue weighted by Crippen LogP contribution is 2.20. The number of aromatic nitrogens is 1. The van der Waals surface area contributed by atoms with E-state index < -0.39 is 6.10 Å². The molecule has 1 aromatic heterocycles. The maximum Gasteiger partial charge on any atom is 0.119 e. The zero-order valence-corrected chi connectivity index (χ0v) is 9.06. The van der Waals surface area contributed by atoms with Gasteiger partial charge in [0.15, 0.2) is 0 Å². The van der Waals surface area contributed by atoms with Gasteiger partial charge in [0.25, 0.3) is 0 Å². The normalized spacial score (nSPS) is 12.6. The molecule has 2 rings (SSSR count). The standard InChI is InChI=1S/C13H16N2O/c14-8-7-10-3-5-11(6-4-10)13(16)12-2-1-9-15-12/h1-6,9,13,15-16H,7-8,14H2. The molecule has 84 valence electrons. The highest BCUT2D eigenvalue weighted by Gasteiger charge is 2.10. The number of aromatic amines is 1. The van der Waals surface area contributed by atoms with Crippen LogP contribution in [0.25, 0.3) is 0 Å². The number of aliphatic hydroxyl groups is 1. The summed E-state index contributed by atoms with van der Waals surface area (Å²) in [5.41, 5.74) is 8.38. The summed E-state index contributed by atoms with van der Waals surface area (Å²) in [6, 6.07) is 11.6. The molecular weight excluding hydrogens is 200 g/mol. The molecule has 0 bridgehead atoms. The topological polar surface area (TPSA) is 62.0 Å². The lowest BCUT2D eigenvalue weighted by Gasteiger charge is -2.09. The van der Waals surface area contributed by atoms with Crippen LogP contribution in [-0.4, -0.2) is 16.6 Å². The summed E-state index contributed by atoms with van der Waals surface area (Å²) in [6.45, 7) is 0.651. The van der Waals surface area contributed by atoms with Crippen LogP contribution in [0, 0.1) is 0 Å². The van der Waals surface area contributed by atoms with Crippen molar-refractivity contribution in [2.24, 2.45) is 5.73 Å². The predicted molar refractivity (Wildman–Crippen MR) is 64.1 cm³/mol. The van der Waals surface area contributed by atoms with Gasteiger partial charge in [0.05, 0.1) is 0 Å². The van der Waals surface area contributed by atoms with Gasteiger partial charge in [-0.3, -0.25) is 0 Å². The van der Waals surface area contributed by atoms with Gasteiger partial charge in [0.1, 0.15) is 6.10 Å². The third kappa shape index (κ3) is 2.32. The van der Waals surface area contributed by atoms with Crippen LogP contribution in [0.1, 0.15) is 22.9 Å². The van der Waals surface area contributed by atoms with Crippen LogP contribution in [0.4, 0.5) is 0 Å². The number of hydrogen-bond donors (Lipinski definition) is 3. The van der Waals surface area contributed by atoms with Crippen LogP contribution in [0.5, 0.6) is 0 Å². The van der Waals surface area contributed by atoms with E-state index in [1.54, 1.807) is 6.20 Å². The van der Waals surface area contributed by atoms with E-state index >= 15 is 0 Å². The first-order chi connectivity index (χ1) is 7.81. The Kier molecular flexibility index (Phi) is 3.39. The third-order valence-corrected chi connectivity index (χ3v) is 2.65. The highest BCUT2D eigenvalue weighted by atomic mass is 16.3. The van der Waals surface area contributed by atoms with Crippen molar-refractivity contribution in [2.75, 3.05) is 6.54 Å². The van der Waals surface area contributed by atoms with Crippen molar-refractivity contribution >= 4 is 0 Å². The Labute approximate surface area is 94.9 Å². The summed E-state index contributed by atoms with van der Waals surface area (Å²) in [5, 5.41) is 10.0. The van der Waals surface area contributed by atoms with Crippen LogP contribution in [0.15, 0.2) is 42.6 Å². The largest absolute Gasteiger partial charge is 0.382 e. The molecule has 0 aliphatic heterocycles. The molecule has 3 heteroatoms. The minimum atomic E-state index is -0.582. The second kappa shape index (κ2) is 4.96. The molecule has 16 heavy (non-hydrogen) atoms. The van der Waals surface area contributed by atoms with E-state index in [1.807, 2.05) is 36.4 Å². The molecule has 0 aliphatic carbocycles. The fraction of sp³-hybridized carbons (Fsp3) is 0.231. The first-order valence-corrected chi connectivity index (χ1v) is 5.41. The number of nitrogens with two attached hydrogens (primary N) is 1. The lowest BCUT2D eigenvalue weighted by atomic mass is 10.0. The smallest absolute Gasteiger partial charge is 0.119 e. The second-order valence-corrected chi connectivity index (χ2v) is 3.81. The molecule has 0 amide bonds. The number of aliphatic hydroxyl groups excluding tert-OH is 1. The fourth-order valence-corrected chi connectivity index (χ4v) is 1.73. The van der Waals surface area contributed by atoms with Gasteiger partial charge in [0.2, 0.25) is 0 Å². The SMILES string of the molecule is NCCc1ccc(C(O)c2ccc[nH]2)cc1. The molecule has 0 saturated heterocycles. The Morgan fingerprint density at radius 2 is 1.94 bits per heavy atom. The van der Waals surface area contributed by atoms with Crippen LogP contribution < -0.4 is 5.73 Å². The second-order valence-electron chi connectivity index (χ2n) is 3.81. The van der Waals surface area contributed by atoms with Gasteiger partial charge < -0.3 is 15.8 Å². The quantitative estimate of drug-likeness (QED) is 0.727. The van der Waals surface area contributed by atoms with E-state index in [2.05, 4.69) is 4.98 Å². The molecule has 1 unspecified atom stereocenters. The first kappa shape index (κ1) is 10.9. The molecule has 0 saturated carbocycles. The first-order valence-electron chi connectivity index (χ1n) is 5.41. The molecule has 3 nitrogen and oxygen atoms in total. The van der Waals surface area contributed by atoms with Crippen LogP contribution in [0.2, 0.25) is 0 Å². The Bertz CT molecular complexity index is 420. The summed E-state index contributed by atoms with van der Waals surface area (Å²) >= 11 is 0. The van der Waals surface area contributed by atoms with E-state index in [1.165, 1.54) is 5.56 Å². The summed E-state index contributed by atoms with van der Waals surface area (Å²) < 4.78 is 0. The zero-order valence-electron chi connectivity index (χ0n) is 9.06. The number of rotatable bonds is 4. The molecule has 1 heterocycles. The van der Waals surface area contributed by atoms with Crippen LogP contribution in [0.3, 0.4) is 0 Å². The molecule has 0 fully saturated rings. The van der Waals surface area contributed by atoms with Gasteiger partial charge in [-0.1, -0.05) is 24.3 Å². The molecule has 0 aliphatic rings.